The van der Waals surface area contributed by atoms with Crippen molar-refractivity contribution in [1.29, 1.82) is 0 Å². The molecule has 2 aromatic rings. The van der Waals surface area contributed by atoms with Crippen LogP contribution >= 0.6 is 22.9 Å². The molecule has 1 aliphatic heterocycles. The van der Waals surface area contributed by atoms with Crippen molar-refractivity contribution < 1.29 is 23.8 Å². The molecule has 0 radical (unpaired) electrons. The first-order chi connectivity index (χ1) is 13.0. The van der Waals surface area contributed by atoms with E-state index < -0.39 is 18.0 Å². The van der Waals surface area contributed by atoms with E-state index in [2.05, 4.69) is 10.6 Å². The zero-order valence-electron chi connectivity index (χ0n) is 14.1. The molecule has 10 heteroatoms. The highest BCUT2D eigenvalue weighted by Gasteiger charge is 2.33. The van der Waals surface area contributed by atoms with Crippen LogP contribution in [0.25, 0.3) is 0 Å². The predicted octanol–water partition coefficient (Wildman–Crippen LogP) is 2.70. The molecule has 7 nitrogen and oxygen atoms in total. The molecule has 1 aromatic heterocycles. The summed E-state index contributed by atoms with van der Waals surface area (Å²) in [5.41, 5.74) is 0.588. The lowest BCUT2D eigenvalue weighted by Crippen LogP contribution is -2.34. The number of carbonyl (C=O) groups excluding carboxylic acids is 2. The Balaban J connectivity index is 1.58. The van der Waals surface area contributed by atoms with E-state index in [0.29, 0.717) is 14.9 Å². The standard InChI is InChI=1S/C17H17ClFN3O4S/c18-15-4-3-14(27-15)16(24)21-8-11-9-22(17(25)26-11)10-1-2-13(12(19)7-10)20-5-6-23/h1-4,7,11,20,23H,5-6,8-9H2,(H,21,24)/t11-/m0/s1. The van der Waals surface area contributed by atoms with Crippen molar-refractivity contribution in [2.45, 2.75) is 6.10 Å². The molecule has 144 valence electrons. The number of hydrogen-bond donors (Lipinski definition) is 3. The molecule has 2 amide bonds. The number of hydrogen-bond acceptors (Lipinski definition) is 6. The highest BCUT2D eigenvalue weighted by Crippen LogP contribution is 2.26. The van der Waals surface area contributed by atoms with Crippen LogP contribution in [0.3, 0.4) is 0 Å². The monoisotopic (exact) mass is 413 g/mol. The van der Waals surface area contributed by atoms with E-state index in [1.54, 1.807) is 18.2 Å². The van der Waals surface area contributed by atoms with Crippen molar-refractivity contribution in [2.75, 3.05) is 36.5 Å². The van der Waals surface area contributed by atoms with Gasteiger partial charge in [-0.3, -0.25) is 9.69 Å². The van der Waals surface area contributed by atoms with Gasteiger partial charge in [-0.1, -0.05) is 11.6 Å². The summed E-state index contributed by atoms with van der Waals surface area (Å²) in [5, 5.41) is 14.2. The first-order valence-corrected chi connectivity index (χ1v) is 9.33. The summed E-state index contributed by atoms with van der Waals surface area (Å²) in [4.78, 5) is 25.9. The second kappa shape index (κ2) is 8.55. The topological polar surface area (TPSA) is 90.9 Å². The molecule has 1 aromatic carbocycles. The molecule has 2 heterocycles. The van der Waals surface area contributed by atoms with Crippen molar-refractivity contribution >= 4 is 46.3 Å². The number of rotatable bonds is 7. The van der Waals surface area contributed by atoms with Crippen molar-refractivity contribution in [3.8, 4) is 0 Å². The van der Waals surface area contributed by atoms with Gasteiger partial charge in [0.05, 0.1) is 40.3 Å². The number of nitrogens with one attached hydrogen (secondary N) is 2. The fraction of sp³-hybridized carbons (Fsp3) is 0.294. The molecular weight excluding hydrogens is 397 g/mol. The summed E-state index contributed by atoms with van der Waals surface area (Å²) in [7, 11) is 0. The van der Waals surface area contributed by atoms with Crippen LogP contribution in [0.4, 0.5) is 20.6 Å². The maximum absolute atomic E-state index is 14.1. The molecule has 1 aliphatic rings. The van der Waals surface area contributed by atoms with E-state index in [1.165, 1.54) is 17.0 Å². The number of halogens is 2. The van der Waals surface area contributed by atoms with Gasteiger partial charge in [-0.05, 0) is 30.3 Å². The number of thiophene rings is 1. The third-order valence-corrected chi connectivity index (χ3v) is 5.08. The number of anilines is 2. The van der Waals surface area contributed by atoms with Crippen LogP contribution < -0.4 is 15.5 Å². The third-order valence-electron chi connectivity index (χ3n) is 3.85. The summed E-state index contributed by atoms with van der Waals surface area (Å²) >= 11 is 6.96. The molecule has 27 heavy (non-hydrogen) atoms. The summed E-state index contributed by atoms with van der Waals surface area (Å²) < 4.78 is 19.9. The van der Waals surface area contributed by atoms with Crippen LogP contribution in [0.5, 0.6) is 0 Å². The predicted molar refractivity (Wildman–Crippen MR) is 101 cm³/mol. The first kappa shape index (κ1) is 19.4. The molecule has 1 saturated heterocycles. The van der Waals surface area contributed by atoms with Crippen molar-refractivity contribution in [2.24, 2.45) is 0 Å². The Hall–Kier alpha value is -2.36. The van der Waals surface area contributed by atoms with Gasteiger partial charge in [-0.25, -0.2) is 9.18 Å². The molecule has 0 spiro atoms. The number of aliphatic hydroxyl groups is 1. The van der Waals surface area contributed by atoms with Gasteiger partial charge in [-0.15, -0.1) is 11.3 Å². The fourth-order valence-electron chi connectivity index (χ4n) is 2.57. The van der Waals surface area contributed by atoms with Gasteiger partial charge in [0.1, 0.15) is 11.9 Å². The van der Waals surface area contributed by atoms with Gasteiger partial charge in [-0.2, -0.15) is 0 Å². The van der Waals surface area contributed by atoms with Gasteiger partial charge >= 0.3 is 6.09 Å². The zero-order valence-corrected chi connectivity index (χ0v) is 15.6. The SMILES string of the molecule is O=C(NC[C@H]1CN(c2ccc(NCCO)c(F)c2)C(=O)O1)c1ccc(Cl)s1. The number of aliphatic hydroxyl groups excluding tert-OH is 1. The minimum Gasteiger partial charge on any atom is -0.442 e. The van der Waals surface area contributed by atoms with E-state index in [9.17, 15) is 14.0 Å². The number of benzene rings is 1. The normalized spacial score (nSPS) is 16.3. The summed E-state index contributed by atoms with van der Waals surface area (Å²) in [5.74, 6) is -0.841. The van der Waals surface area contributed by atoms with E-state index in [4.69, 9.17) is 21.4 Å². The maximum atomic E-state index is 14.1. The van der Waals surface area contributed by atoms with E-state index in [0.717, 1.165) is 11.3 Å². The molecule has 3 rings (SSSR count). The summed E-state index contributed by atoms with van der Waals surface area (Å²) in [6, 6.07) is 7.54. The number of amides is 2. The quantitative estimate of drug-likeness (QED) is 0.649. The van der Waals surface area contributed by atoms with Crippen LogP contribution in [0.1, 0.15) is 9.67 Å². The minimum absolute atomic E-state index is 0.120. The van der Waals surface area contributed by atoms with Gasteiger partial charge in [0, 0.05) is 6.54 Å². The lowest BCUT2D eigenvalue weighted by Gasteiger charge is -2.15. The average molecular weight is 414 g/mol. The summed E-state index contributed by atoms with van der Waals surface area (Å²) in [6.07, 6.45) is -1.16. The molecule has 3 N–H and O–H groups in total. The Labute approximate surface area is 163 Å². The molecular formula is C17H17ClFN3O4S. The Bertz CT molecular complexity index is 847. The second-order valence-electron chi connectivity index (χ2n) is 5.74. The molecule has 0 bridgehead atoms. The van der Waals surface area contributed by atoms with Gasteiger partial charge < -0.3 is 20.5 Å². The lowest BCUT2D eigenvalue weighted by atomic mass is 10.2. The van der Waals surface area contributed by atoms with E-state index >= 15 is 0 Å². The number of cyclic esters (lactones) is 1. The molecule has 0 unspecified atom stereocenters. The Morgan fingerprint density at radius 2 is 2.22 bits per heavy atom. The maximum Gasteiger partial charge on any atom is 0.414 e. The largest absolute Gasteiger partial charge is 0.442 e. The highest BCUT2D eigenvalue weighted by atomic mass is 35.5. The second-order valence-corrected chi connectivity index (χ2v) is 7.46. The van der Waals surface area contributed by atoms with Crippen molar-refractivity contribution in [3.05, 3.63) is 45.4 Å². The Morgan fingerprint density at radius 3 is 2.89 bits per heavy atom. The molecule has 1 fully saturated rings. The van der Waals surface area contributed by atoms with Crippen LogP contribution in [0.2, 0.25) is 4.34 Å². The minimum atomic E-state index is -0.608. The number of ether oxygens (including phenoxy) is 1. The van der Waals surface area contributed by atoms with Gasteiger partial charge in [0.2, 0.25) is 0 Å². The molecule has 0 aliphatic carbocycles. The van der Waals surface area contributed by atoms with Crippen molar-refractivity contribution in [1.82, 2.24) is 5.32 Å². The third kappa shape index (κ3) is 4.68. The Kier molecular flexibility index (Phi) is 6.15. The van der Waals surface area contributed by atoms with Crippen LogP contribution in [0.15, 0.2) is 30.3 Å². The van der Waals surface area contributed by atoms with Gasteiger partial charge in [0.25, 0.3) is 5.91 Å². The lowest BCUT2D eigenvalue weighted by molar-refractivity contribution is 0.0920. The van der Waals surface area contributed by atoms with Crippen LogP contribution in [0, 0.1) is 5.82 Å². The first-order valence-electron chi connectivity index (χ1n) is 8.14. The van der Waals surface area contributed by atoms with Crippen molar-refractivity contribution in [3.63, 3.8) is 0 Å². The van der Waals surface area contributed by atoms with Gasteiger partial charge in [0.15, 0.2) is 0 Å². The smallest absolute Gasteiger partial charge is 0.414 e. The Morgan fingerprint density at radius 1 is 1.41 bits per heavy atom. The highest BCUT2D eigenvalue weighted by molar-refractivity contribution is 7.17. The number of nitrogens with zero attached hydrogens (tertiary/aromatic N) is 1. The number of carbonyl (C=O) groups is 2. The van der Waals surface area contributed by atoms with Crippen LogP contribution in [-0.2, 0) is 4.74 Å². The average Bonchev–Trinajstić information content (AvgIpc) is 3.24. The zero-order chi connectivity index (χ0) is 19.4. The molecule has 1 atom stereocenters. The van der Waals surface area contributed by atoms with E-state index in [-0.39, 0.29) is 37.8 Å². The van der Waals surface area contributed by atoms with E-state index in [1.807, 2.05) is 0 Å². The fourth-order valence-corrected chi connectivity index (χ4v) is 3.53. The molecule has 0 saturated carbocycles. The summed E-state index contributed by atoms with van der Waals surface area (Å²) in [6.45, 7) is 0.423. The van der Waals surface area contributed by atoms with Crippen LogP contribution in [-0.4, -0.2) is 49.5 Å².